The lowest BCUT2D eigenvalue weighted by molar-refractivity contribution is 0.405. The maximum atomic E-state index is 12.2. The number of aromatic amines is 1. The van der Waals surface area contributed by atoms with E-state index in [1.54, 1.807) is 6.07 Å². The fourth-order valence-corrected chi connectivity index (χ4v) is 2.83. The van der Waals surface area contributed by atoms with E-state index in [-0.39, 0.29) is 17.0 Å². The number of nitrogens with zero attached hydrogens (tertiary/aromatic N) is 2. The van der Waals surface area contributed by atoms with Gasteiger partial charge in [-0.05, 0) is 24.8 Å². The fraction of sp³-hybridized carbons (Fsp3) is 0.600. The molecule has 0 aliphatic carbocycles. The Labute approximate surface area is 118 Å². The number of hydrogen-bond acceptors (Lipinski definition) is 3. The highest BCUT2D eigenvalue weighted by molar-refractivity contribution is 5.50. The quantitative estimate of drug-likeness (QED) is 0.837. The maximum Gasteiger partial charge on any atom is 0.272 e. The molecule has 2 aromatic rings. The lowest BCUT2D eigenvalue weighted by Crippen LogP contribution is -2.29. The number of rotatable bonds is 1. The molecule has 0 saturated carbocycles. The Bertz CT molecular complexity index is 671. The van der Waals surface area contributed by atoms with Crippen LogP contribution >= 0.6 is 0 Å². The molecule has 0 aromatic carbocycles. The summed E-state index contributed by atoms with van der Waals surface area (Å²) in [6.07, 6.45) is 5.34. The summed E-state index contributed by atoms with van der Waals surface area (Å²) in [6.45, 7) is 7.40. The molecular weight excluding hydrogens is 252 g/mol. The van der Waals surface area contributed by atoms with Gasteiger partial charge >= 0.3 is 0 Å². The highest BCUT2D eigenvalue weighted by Gasteiger charge is 2.23. The molecular formula is C15H22N4O. The molecule has 1 unspecified atom stereocenters. The van der Waals surface area contributed by atoms with Gasteiger partial charge in [0.25, 0.3) is 5.56 Å². The predicted molar refractivity (Wildman–Crippen MR) is 79.1 cm³/mol. The lowest BCUT2D eigenvalue weighted by Gasteiger charge is -2.23. The summed E-state index contributed by atoms with van der Waals surface area (Å²) in [5.74, 6) is 0. The van der Waals surface area contributed by atoms with Gasteiger partial charge in [-0.2, -0.15) is 0 Å². The monoisotopic (exact) mass is 274 g/mol. The third-order valence-electron chi connectivity index (χ3n) is 3.99. The van der Waals surface area contributed by atoms with Gasteiger partial charge in [0, 0.05) is 23.9 Å². The molecule has 0 amide bonds. The first-order valence-corrected chi connectivity index (χ1v) is 7.32. The normalized spacial score (nSPS) is 20.4. The maximum absolute atomic E-state index is 12.2. The molecule has 5 heteroatoms. The van der Waals surface area contributed by atoms with Crippen molar-refractivity contribution < 1.29 is 0 Å². The highest BCUT2D eigenvalue weighted by Crippen LogP contribution is 2.26. The van der Waals surface area contributed by atoms with Crippen molar-refractivity contribution in [1.29, 1.82) is 0 Å². The molecule has 1 saturated heterocycles. The van der Waals surface area contributed by atoms with E-state index < -0.39 is 0 Å². The third kappa shape index (κ3) is 2.26. The fourth-order valence-electron chi connectivity index (χ4n) is 2.83. The van der Waals surface area contributed by atoms with E-state index >= 15 is 0 Å². The van der Waals surface area contributed by atoms with E-state index in [2.05, 4.69) is 31.2 Å². The second kappa shape index (κ2) is 4.74. The number of aromatic nitrogens is 3. The molecule has 0 radical (unpaired) electrons. The minimum absolute atomic E-state index is 0.0344. The van der Waals surface area contributed by atoms with Crippen LogP contribution in [0.2, 0.25) is 0 Å². The Morgan fingerprint density at radius 1 is 1.35 bits per heavy atom. The number of hydrogen-bond donors (Lipinski definition) is 2. The minimum atomic E-state index is -0.0384. The Balaban J connectivity index is 2.13. The van der Waals surface area contributed by atoms with E-state index in [9.17, 15) is 4.79 Å². The summed E-state index contributed by atoms with van der Waals surface area (Å²) in [7, 11) is 0. The molecule has 0 bridgehead atoms. The first-order valence-electron chi connectivity index (χ1n) is 7.32. The van der Waals surface area contributed by atoms with Crippen LogP contribution in [0.15, 0.2) is 17.1 Å². The van der Waals surface area contributed by atoms with Crippen molar-refractivity contribution in [2.45, 2.75) is 51.5 Å². The van der Waals surface area contributed by atoms with Crippen LogP contribution in [0.3, 0.4) is 0 Å². The van der Waals surface area contributed by atoms with Gasteiger partial charge in [0.15, 0.2) is 5.65 Å². The Morgan fingerprint density at radius 3 is 2.80 bits per heavy atom. The molecule has 2 N–H and O–H groups in total. The van der Waals surface area contributed by atoms with E-state index in [1.165, 1.54) is 17.4 Å². The molecule has 2 aromatic heterocycles. The van der Waals surface area contributed by atoms with Crippen LogP contribution in [0.1, 0.15) is 57.3 Å². The molecule has 0 spiro atoms. The third-order valence-corrected chi connectivity index (χ3v) is 3.99. The van der Waals surface area contributed by atoms with Gasteiger partial charge in [-0.1, -0.05) is 27.2 Å². The van der Waals surface area contributed by atoms with Gasteiger partial charge in [-0.15, -0.1) is 0 Å². The molecule has 1 aliphatic rings. The van der Waals surface area contributed by atoms with Crippen LogP contribution in [0.25, 0.3) is 5.65 Å². The molecule has 20 heavy (non-hydrogen) atoms. The SMILES string of the molecule is CC(C)(C)c1c[nH]n2c(=O)cc(C3CCCCN3)nc12. The van der Waals surface area contributed by atoms with Gasteiger partial charge in [0.2, 0.25) is 0 Å². The lowest BCUT2D eigenvalue weighted by atomic mass is 9.89. The number of H-pyrrole nitrogens is 1. The zero-order chi connectivity index (χ0) is 14.3. The van der Waals surface area contributed by atoms with Crippen molar-refractivity contribution in [1.82, 2.24) is 19.9 Å². The summed E-state index contributed by atoms with van der Waals surface area (Å²) in [4.78, 5) is 17.0. The topological polar surface area (TPSA) is 62.2 Å². The summed E-state index contributed by atoms with van der Waals surface area (Å²) in [5, 5.41) is 6.47. The largest absolute Gasteiger partial charge is 0.309 e. The van der Waals surface area contributed by atoms with Crippen molar-refractivity contribution in [2.24, 2.45) is 0 Å². The van der Waals surface area contributed by atoms with Crippen LogP contribution in [0.4, 0.5) is 0 Å². The van der Waals surface area contributed by atoms with Gasteiger partial charge in [0.1, 0.15) is 0 Å². The van der Waals surface area contributed by atoms with E-state index in [0.29, 0.717) is 0 Å². The zero-order valence-electron chi connectivity index (χ0n) is 12.4. The second-order valence-corrected chi connectivity index (χ2v) is 6.62. The molecule has 1 fully saturated rings. The number of fused-ring (bicyclic) bond motifs is 1. The Kier molecular flexibility index (Phi) is 3.17. The number of nitrogens with one attached hydrogen (secondary N) is 2. The van der Waals surface area contributed by atoms with Crippen molar-refractivity contribution in [2.75, 3.05) is 6.54 Å². The van der Waals surface area contributed by atoms with E-state index in [1.807, 2.05) is 6.20 Å². The second-order valence-electron chi connectivity index (χ2n) is 6.62. The van der Waals surface area contributed by atoms with Crippen LogP contribution < -0.4 is 10.9 Å². The van der Waals surface area contributed by atoms with Crippen molar-refractivity contribution in [3.63, 3.8) is 0 Å². The summed E-state index contributed by atoms with van der Waals surface area (Å²) < 4.78 is 1.53. The summed E-state index contributed by atoms with van der Waals surface area (Å²) in [6, 6.07) is 1.86. The minimum Gasteiger partial charge on any atom is -0.309 e. The van der Waals surface area contributed by atoms with Crippen LogP contribution in [0.5, 0.6) is 0 Å². The van der Waals surface area contributed by atoms with Crippen LogP contribution in [-0.2, 0) is 5.41 Å². The van der Waals surface area contributed by atoms with Gasteiger partial charge in [0.05, 0.1) is 5.69 Å². The first kappa shape index (κ1) is 13.4. The summed E-state index contributed by atoms with van der Waals surface area (Å²) >= 11 is 0. The predicted octanol–water partition coefficient (Wildman–Crippen LogP) is 2.13. The Morgan fingerprint density at radius 2 is 2.15 bits per heavy atom. The number of piperidine rings is 1. The molecule has 3 rings (SSSR count). The van der Waals surface area contributed by atoms with Crippen molar-refractivity contribution in [3.05, 3.63) is 33.9 Å². The zero-order valence-corrected chi connectivity index (χ0v) is 12.4. The van der Waals surface area contributed by atoms with Gasteiger partial charge < -0.3 is 5.32 Å². The van der Waals surface area contributed by atoms with E-state index in [0.717, 1.165) is 29.9 Å². The van der Waals surface area contributed by atoms with E-state index in [4.69, 9.17) is 4.98 Å². The van der Waals surface area contributed by atoms with Crippen molar-refractivity contribution >= 4 is 5.65 Å². The average molecular weight is 274 g/mol. The highest BCUT2D eigenvalue weighted by atomic mass is 16.1. The van der Waals surface area contributed by atoms with Crippen LogP contribution in [0, 0.1) is 0 Å². The Hall–Kier alpha value is -1.62. The standard InChI is InChI=1S/C15H22N4O/c1-15(2,3)10-9-17-19-13(20)8-12(18-14(10)19)11-6-4-5-7-16-11/h8-9,11,16-17H,4-7H2,1-3H3. The molecule has 5 nitrogen and oxygen atoms in total. The molecule has 3 heterocycles. The average Bonchev–Trinajstić information content (AvgIpc) is 2.84. The van der Waals surface area contributed by atoms with Gasteiger partial charge in [-0.25, -0.2) is 9.50 Å². The first-order chi connectivity index (χ1) is 9.47. The molecule has 1 aliphatic heterocycles. The van der Waals surface area contributed by atoms with Crippen molar-refractivity contribution in [3.8, 4) is 0 Å². The molecule has 108 valence electrons. The smallest absolute Gasteiger partial charge is 0.272 e. The van der Waals surface area contributed by atoms with Crippen LogP contribution in [-0.4, -0.2) is 21.1 Å². The summed E-state index contributed by atoms with van der Waals surface area (Å²) in [5.41, 5.74) is 2.64. The molecule has 1 atom stereocenters. The van der Waals surface area contributed by atoms with Gasteiger partial charge in [-0.3, -0.25) is 9.89 Å².